The molecule has 8 nitrogen and oxygen atoms in total. The SMILES string of the molecule is CCCCn1c(N)c(N(CCC)C(=O)C=Cc2ccco2)c(=O)[nH]c1=O. The van der Waals surface area contributed by atoms with Crippen LogP contribution in [-0.2, 0) is 11.3 Å². The first-order chi connectivity index (χ1) is 12.5. The van der Waals surface area contributed by atoms with Crippen LogP contribution in [0, 0.1) is 0 Å². The van der Waals surface area contributed by atoms with Crippen LogP contribution in [0.3, 0.4) is 0 Å². The Morgan fingerprint density at radius 1 is 1.35 bits per heavy atom. The Bertz CT molecular complexity index is 878. The van der Waals surface area contributed by atoms with Gasteiger partial charge in [-0.1, -0.05) is 20.3 Å². The van der Waals surface area contributed by atoms with Gasteiger partial charge in [0.25, 0.3) is 11.5 Å². The van der Waals surface area contributed by atoms with Crippen molar-refractivity contribution in [1.29, 1.82) is 0 Å². The summed E-state index contributed by atoms with van der Waals surface area (Å²) in [7, 11) is 0. The summed E-state index contributed by atoms with van der Waals surface area (Å²) in [4.78, 5) is 40.6. The molecule has 8 heteroatoms. The fourth-order valence-corrected chi connectivity index (χ4v) is 2.56. The van der Waals surface area contributed by atoms with Crippen molar-refractivity contribution in [2.45, 2.75) is 39.7 Å². The predicted octanol–water partition coefficient (Wildman–Crippen LogP) is 1.97. The van der Waals surface area contributed by atoms with Crippen LogP contribution < -0.4 is 21.9 Å². The predicted molar refractivity (Wildman–Crippen MR) is 101 cm³/mol. The molecule has 0 aliphatic heterocycles. The molecule has 2 rings (SSSR count). The van der Waals surface area contributed by atoms with Gasteiger partial charge in [-0.2, -0.15) is 0 Å². The minimum absolute atomic E-state index is 0.000369. The number of nitrogens with two attached hydrogens (primary N) is 1. The zero-order chi connectivity index (χ0) is 19.1. The maximum Gasteiger partial charge on any atom is 0.330 e. The van der Waals surface area contributed by atoms with Crippen molar-refractivity contribution in [2.24, 2.45) is 0 Å². The second kappa shape index (κ2) is 8.89. The fourth-order valence-electron chi connectivity index (χ4n) is 2.56. The largest absolute Gasteiger partial charge is 0.465 e. The number of anilines is 2. The summed E-state index contributed by atoms with van der Waals surface area (Å²) in [6.45, 7) is 4.54. The molecule has 2 heterocycles. The van der Waals surface area contributed by atoms with Gasteiger partial charge in [0.2, 0.25) is 0 Å². The van der Waals surface area contributed by atoms with Gasteiger partial charge >= 0.3 is 5.69 Å². The molecule has 2 aromatic rings. The molecule has 0 radical (unpaired) electrons. The van der Waals surface area contributed by atoms with E-state index < -0.39 is 17.2 Å². The zero-order valence-electron chi connectivity index (χ0n) is 15.0. The quantitative estimate of drug-likeness (QED) is 0.699. The standard InChI is InChI=1S/C18H24N4O4/c1-3-5-11-22-16(19)15(17(24)20-18(22)25)21(10-4-2)14(23)9-8-13-7-6-12-26-13/h6-9,12H,3-5,10-11,19H2,1-2H3,(H,20,24,25). The van der Waals surface area contributed by atoms with Crippen LogP contribution in [0.4, 0.5) is 11.5 Å². The maximum atomic E-state index is 12.6. The van der Waals surface area contributed by atoms with Crippen molar-refractivity contribution in [2.75, 3.05) is 17.2 Å². The van der Waals surface area contributed by atoms with E-state index in [0.717, 1.165) is 12.8 Å². The first kappa shape index (κ1) is 19.3. The summed E-state index contributed by atoms with van der Waals surface area (Å²) >= 11 is 0. The smallest absolute Gasteiger partial charge is 0.330 e. The average Bonchev–Trinajstić information content (AvgIpc) is 3.12. The summed E-state index contributed by atoms with van der Waals surface area (Å²) in [6.07, 6.45) is 6.55. The van der Waals surface area contributed by atoms with Gasteiger partial charge in [-0.15, -0.1) is 0 Å². The van der Waals surface area contributed by atoms with Crippen molar-refractivity contribution < 1.29 is 9.21 Å². The van der Waals surface area contributed by atoms with Gasteiger partial charge in [0.05, 0.1) is 6.26 Å². The summed E-state index contributed by atoms with van der Waals surface area (Å²) in [6, 6.07) is 3.42. The van der Waals surface area contributed by atoms with Crippen molar-refractivity contribution in [3.63, 3.8) is 0 Å². The lowest BCUT2D eigenvalue weighted by Crippen LogP contribution is -2.41. The second-order valence-electron chi connectivity index (χ2n) is 5.84. The van der Waals surface area contributed by atoms with Crippen LogP contribution >= 0.6 is 0 Å². The molecule has 1 amide bonds. The molecule has 0 atom stereocenters. The molecule has 3 N–H and O–H groups in total. The van der Waals surface area contributed by atoms with Gasteiger partial charge < -0.3 is 15.1 Å². The van der Waals surface area contributed by atoms with Crippen molar-refractivity contribution in [3.8, 4) is 0 Å². The van der Waals surface area contributed by atoms with E-state index in [1.54, 1.807) is 12.1 Å². The molecular formula is C18H24N4O4. The highest BCUT2D eigenvalue weighted by molar-refractivity contribution is 6.04. The first-order valence-corrected chi connectivity index (χ1v) is 8.65. The third-order valence-electron chi connectivity index (χ3n) is 3.87. The number of rotatable bonds is 8. The van der Waals surface area contributed by atoms with Gasteiger partial charge in [-0.3, -0.25) is 19.1 Å². The number of nitrogens with one attached hydrogen (secondary N) is 1. The fraction of sp³-hybridized carbons (Fsp3) is 0.389. The molecule has 0 aliphatic rings. The molecule has 0 unspecified atom stereocenters. The third kappa shape index (κ3) is 4.33. The Balaban J connectivity index is 2.44. The van der Waals surface area contributed by atoms with E-state index >= 15 is 0 Å². The van der Waals surface area contributed by atoms with E-state index in [0.29, 0.717) is 25.3 Å². The number of H-pyrrole nitrogens is 1. The highest BCUT2D eigenvalue weighted by atomic mass is 16.3. The van der Waals surface area contributed by atoms with Crippen LogP contribution in [0.2, 0.25) is 0 Å². The molecule has 0 bridgehead atoms. The number of carbonyl (C=O) groups is 1. The van der Waals surface area contributed by atoms with Crippen LogP contribution in [0.5, 0.6) is 0 Å². The third-order valence-corrected chi connectivity index (χ3v) is 3.87. The monoisotopic (exact) mass is 360 g/mol. The van der Waals surface area contributed by atoms with Crippen molar-refractivity contribution >= 4 is 23.5 Å². The van der Waals surface area contributed by atoms with Crippen molar-refractivity contribution in [1.82, 2.24) is 9.55 Å². The number of carbonyl (C=O) groups excluding carboxylic acids is 1. The van der Waals surface area contributed by atoms with Gasteiger partial charge in [-0.25, -0.2) is 4.79 Å². The number of unbranched alkanes of at least 4 members (excludes halogenated alkanes) is 1. The minimum atomic E-state index is -0.673. The number of nitrogens with zero attached hydrogens (tertiary/aromatic N) is 2. The zero-order valence-corrected chi connectivity index (χ0v) is 15.0. The topological polar surface area (TPSA) is 114 Å². The van der Waals surface area contributed by atoms with Crippen molar-refractivity contribution in [3.05, 3.63) is 51.1 Å². The second-order valence-corrected chi connectivity index (χ2v) is 5.84. The lowest BCUT2D eigenvalue weighted by Gasteiger charge is -2.22. The molecule has 0 saturated heterocycles. The van der Waals surface area contributed by atoms with E-state index in [1.807, 2.05) is 13.8 Å². The molecular weight excluding hydrogens is 336 g/mol. The van der Waals surface area contributed by atoms with Crippen LogP contribution in [-0.4, -0.2) is 22.0 Å². The summed E-state index contributed by atoms with van der Waals surface area (Å²) in [5, 5.41) is 0. The highest BCUT2D eigenvalue weighted by Crippen LogP contribution is 2.18. The molecule has 2 aromatic heterocycles. The average molecular weight is 360 g/mol. The Labute approximate surface area is 150 Å². The van der Waals surface area contributed by atoms with E-state index in [1.165, 1.54) is 27.9 Å². The number of aromatic nitrogens is 2. The van der Waals surface area contributed by atoms with Gasteiger partial charge in [0, 0.05) is 19.2 Å². The minimum Gasteiger partial charge on any atom is -0.465 e. The Morgan fingerprint density at radius 3 is 2.73 bits per heavy atom. The number of nitrogen functional groups attached to an aromatic ring is 1. The Kier molecular flexibility index (Phi) is 6.60. The number of hydrogen-bond acceptors (Lipinski definition) is 5. The van der Waals surface area contributed by atoms with Gasteiger partial charge in [0.15, 0.2) is 5.69 Å². The Morgan fingerprint density at radius 2 is 2.12 bits per heavy atom. The summed E-state index contributed by atoms with van der Waals surface area (Å²) in [5.41, 5.74) is 4.85. The van der Waals surface area contributed by atoms with Gasteiger partial charge in [-0.05, 0) is 31.1 Å². The normalized spacial score (nSPS) is 11.2. The van der Waals surface area contributed by atoms with Crippen LogP contribution in [0.15, 0.2) is 38.5 Å². The van der Waals surface area contributed by atoms with Crippen LogP contribution in [0.25, 0.3) is 6.08 Å². The lowest BCUT2D eigenvalue weighted by atomic mass is 10.3. The number of furan rings is 1. The molecule has 0 aromatic carbocycles. The van der Waals surface area contributed by atoms with E-state index in [2.05, 4.69) is 4.98 Å². The van der Waals surface area contributed by atoms with E-state index in [4.69, 9.17) is 10.2 Å². The molecule has 26 heavy (non-hydrogen) atoms. The number of amides is 1. The number of aromatic amines is 1. The molecule has 0 aliphatic carbocycles. The maximum absolute atomic E-state index is 12.6. The summed E-state index contributed by atoms with van der Waals surface area (Å²) in [5.74, 6) is 0.103. The molecule has 0 saturated carbocycles. The number of hydrogen-bond donors (Lipinski definition) is 2. The first-order valence-electron chi connectivity index (χ1n) is 8.65. The Hall–Kier alpha value is -3.03. The molecule has 0 fully saturated rings. The lowest BCUT2D eigenvalue weighted by molar-refractivity contribution is -0.114. The van der Waals surface area contributed by atoms with E-state index in [9.17, 15) is 14.4 Å². The molecule has 140 valence electrons. The van der Waals surface area contributed by atoms with Gasteiger partial charge in [0.1, 0.15) is 11.6 Å². The van der Waals surface area contributed by atoms with E-state index in [-0.39, 0.29) is 11.5 Å². The highest BCUT2D eigenvalue weighted by Gasteiger charge is 2.22. The van der Waals surface area contributed by atoms with Crippen LogP contribution in [0.1, 0.15) is 38.9 Å². The molecule has 0 spiro atoms. The summed E-state index contributed by atoms with van der Waals surface area (Å²) < 4.78 is 6.46.